The first kappa shape index (κ1) is 32.9. The molecule has 0 amide bonds. The van der Waals surface area contributed by atoms with Crippen LogP contribution in [0.25, 0.3) is 33.7 Å². The third kappa shape index (κ3) is 7.43. The molecule has 2 aromatic carbocycles. The molecule has 0 atom stereocenters. The first-order valence-corrected chi connectivity index (χ1v) is 9.77. The van der Waals surface area contributed by atoms with Crippen LogP contribution in [0.1, 0.15) is 0 Å². The fraction of sp³-hybridized carbons (Fsp3) is 0. The Labute approximate surface area is 227 Å². The van der Waals surface area contributed by atoms with Crippen LogP contribution in [0, 0.1) is 0 Å². The van der Waals surface area contributed by atoms with Crippen molar-refractivity contribution >= 4 is 11.0 Å². The van der Waals surface area contributed by atoms with Gasteiger partial charge in [0.15, 0.2) is 5.76 Å². The summed E-state index contributed by atoms with van der Waals surface area (Å²) in [4.78, 5) is 20.5. The van der Waals surface area contributed by atoms with Crippen LogP contribution in [0.4, 0.5) is 0 Å². The minimum Gasteiger partial charge on any atom is -1.00 e. The Morgan fingerprint density at radius 3 is 1.73 bits per heavy atom. The fourth-order valence-electron chi connectivity index (χ4n) is 3.11. The molecule has 0 saturated carbocycles. The molecular weight excluding hydrogens is 555 g/mol. The summed E-state index contributed by atoms with van der Waals surface area (Å²) in [5.74, 6) is -1.50. The van der Waals surface area contributed by atoms with Crippen molar-refractivity contribution in [1.82, 2.24) is 9.97 Å². The van der Waals surface area contributed by atoms with Crippen molar-refractivity contribution in [2.45, 2.75) is 0 Å². The maximum atomic E-state index is 12.1. The summed E-state index contributed by atoms with van der Waals surface area (Å²) in [6, 6.07) is 19.4. The van der Waals surface area contributed by atoms with Gasteiger partial charge in [0, 0.05) is 30.1 Å². The number of hydrogen-bond acceptors (Lipinski definition) is 8. The molecule has 0 spiro atoms. The summed E-state index contributed by atoms with van der Waals surface area (Å²) in [5, 5.41) is 38.1. The van der Waals surface area contributed by atoms with Gasteiger partial charge in [-0.05, 0) is 48.5 Å². The second kappa shape index (κ2) is 14.4. The number of phenolic OH excluding ortho intramolecular Hbond substituents is 3. The van der Waals surface area contributed by atoms with E-state index in [1.54, 1.807) is 12.4 Å². The van der Waals surface area contributed by atoms with Crippen LogP contribution in [-0.2, 0) is 17.1 Å². The standard InChI is InChI=1S/C15H10O6.C10H8N2.ClH.Cu.2H2O/c16-8-3-1-7(2-4-8)15-14(20)13(19)12-10(18)5-9(17)6-11(12)21-15;1-3-7-11-9(5-1)10-6-2-4-8-12-10;;;;/h1-6,16-18,20H;1-8H;1H;;2*1H2/q;;;+2;;/p-1. The Morgan fingerprint density at radius 1 is 0.703 bits per heavy atom. The fourth-order valence-corrected chi connectivity index (χ4v) is 3.11. The number of phenols is 3. The van der Waals surface area contributed by atoms with Gasteiger partial charge < -0.3 is 48.2 Å². The molecule has 0 saturated heterocycles. The summed E-state index contributed by atoms with van der Waals surface area (Å²) >= 11 is 0. The normalized spacial score (nSPS) is 9.30. The quantitative estimate of drug-likeness (QED) is 0.206. The number of fused-ring (bicyclic) bond motifs is 1. The second-order valence-corrected chi connectivity index (χ2v) is 6.92. The molecule has 5 rings (SSSR count). The van der Waals surface area contributed by atoms with Crippen molar-refractivity contribution in [3.63, 3.8) is 0 Å². The van der Waals surface area contributed by atoms with E-state index in [1.807, 2.05) is 36.4 Å². The maximum Gasteiger partial charge on any atom is 2.00 e. The number of benzene rings is 2. The largest absolute Gasteiger partial charge is 2.00 e. The molecule has 0 unspecified atom stereocenters. The van der Waals surface area contributed by atoms with Gasteiger partial charge >= 0.3 is 17.1 Å². The molecule has 8 N–H and O–H groups in total. The molecule has 197 valence electrons. The van der Waals surface area contributed by atoms with Crippen molar-refractivity contribution in [1.29, 1.82) is 0 Å². The van der Waals surface area contributed by atoms with Crippen molar-refractivity contribution < 1.29 is 65.3 Å². The number of hydrogen-bond donors (Lipinski definition) is 4. The molecule has 0 bridgehead atoms. The van der Waals surface area contributed by atoms with Crippen LogP contribution in [0.15, 0.2) is 94.4 Å². The zero-order chi connectivity index (χ0) is 23.4. The third-order valence-electron chi connectivity index (χ3n) is 4.66. The average Bonchev–Trinajstić information content (AvgIpc) is 2.83. The molecule has 5 aromatic rings. The molecule has 0 aliphatic heterocycles. The molecular formula is C25H22ClCuN2O8+. The predicted octanol–water partition coefficient (Wildman–Crippen LogP) is -0.222. The first-order valence-electron chi connectivity index (χ1n) is 9.77. The van der Waals surface area contributed by atoms with E-state index in [9.17, 15) is 25.2 Å². The number of halogens is 1. The molecule has 0 aliphatic rings. The van der Waals surface area contributed by atoms with Crippen molar-refractivity contribution in [3.8, 4) is 45.7 Å². The van der Waals surface area contributed by atoms with Gasteiger partial charge in [0.2, 0.25) is 11.2 Å². The maximum absolute atomic E-state index is 12.1. The van der Waals surface area contributed by atoms with E-state index >= 15 is 0 Å². The van der Waals surface area contributed by atoms with E-state index in [0.29, 0.717) is 5.56 Å². The van der Waals surface area contributed by atoms with Crippen LogP contribution in [-0.4, -0.2) is 41.3 Å². The minimum absolute atomic E-state index is 0. The van der Waals surface area contributed by atoms with Gasteiger partial charge in [0.1, 0.15) is 28.2 Å². The molecule has 3 heterocycles. The summed E-state index contributed by atoms with van der Waals surface area (Å²) in [7, 11) is 0. The van der Waals surface area contributed by atoms with Crippen LogP contribution in [0.2, 0.25) is 0 Å². The third-order valence-corrected chi connectivity index (χ3v) is 4.66. The number of rotatable bonds is 2. The van der Waals surface area contributed by atoms with Gasteiger partial charge in [-0.3, -0.25) is 14.8 Å². The Hall–Kier alpha value is -4.12. The van der Waals surface area contributed by atoms with E-state index in [0.717, 1.165) is 17.5 Å². The molecule has 37 heavy (non-hydrogen) atoms. The zero-order valence-corrected chi connectivity index (χ0v) is 20.5. The SMILES string of the molecule is O.O.O=c1c(O)c(-c2ccc(O)cc2)oc2cc(O)cc(O)c12.[Cl-].[Cu+2].c1ccc(-c2ccccn2)nc1. The number of pyridine rings is 2. The molecule has 0 aliphatic carbocycles. The summed E-state index contributed by atoms with van der Waals surface area (Å²) in [6.45, 7) is 0. The Kier molecular flexibility index (Phi) is 12.8. The average molecular weight is 577 g/mol. The van der Waals surface area contributed by atoms with Gasteiger partial charge in [-0.15, -0.1) is 0 Å². The summed E-state index contributed by atoms with van der Waals surface area (Å²) < 4.78 is 5.41. The Morgan fingerprint density at radius 2 is 1.24 bits per heavy atom. The summed E-state index contributed by atoms with van der Waals surface area (Å²) in [6.07, 6.45) is 3.54. The smallest absolute Gasteiger partial charge is 1.00 e. The number of nitrogens with zero attached hydrogens (tertiary/aromatic N) is 2. The van der Waals surface area contributed by atoms with E-state index in [4.69, 9.17) is 4.42 Å². The van der Waals surface area contributed by atoms with Gasteiger partial charge in [0.05, 0.1) is 11.4 Å². The zero-order valence-electron chi connectivity index (χ0n) is 18.8. The second-order valence-electron chi connectivity index (χ2n) is 6.92. The topological polar surface area (TPSA) is 200 Å². The summed E-state index contributed by atoms with van der Waals surface area (Å²) in [5.41, 5.74) is 1.33. The van der Waals surface area contributed by atoms with Crippen LogP contribution < -0.4 is 17.8 Å². The number of aromatic hydroxyl groups is 4. The van der Waals surface area contributed by atoms with Crippen molar-refractivity contribution in [3.05, 3.63) is 95.4 Å². The van der Waals surface area contributed by atoms with E-state index < -0.39 is 16.9 Å². The van der Waals surface area contributed by atoms with Gasteiger partial charge in [-0.1, -0.05) is 12.1 Å². The first-order chi connectivity index (χ1) is 15.9. The van der Waals surface area contributed by atoms with Crippen molar-refractivity contribution in [2.24, 2.45) is 0 Å². The van der Waals surface area contributed by atoms with Gasteiger partial charge in [-0.25, -0.2) is 0 Å². The number of aromatic nitrogens is 2. The molecule has 1 radical (unpaired) electrons. The van der Waals surface area contributed by atoms with Gasteiger partial charge in [-0.2, -0.15) is 0 Å². The molecule has 10 nitrogen and oxygen atoms in total. The van der Waals surface area contributed by atoms with Crippen LogP contribution in [0.5, 0.6) is 23.0 Å². The van der Waals surface area contributed by atoms with Gasteiger partial charge in [0.25, 0.3) is 0 Å². The molecule has 0 fully saturated rings. The minimum atomic E-state index is -0.808. The Balaban J connectivity index is 0.000000705. The van der Waals surface area contributed by atoms with E-state index in [2.05, 4.69) is 9.97 Å². The monoisotopic (exact) mass is 576 g/mol. The van der Waals surface area contributed by atoms with E-state index in [1.165, 1.54) is 30.3 Å². The Bertz CT molecular complexity index is 1430. The molecule has 3 aromatic heterocycles. The van der Waals surface area contributed by atoms with Crippen LogP contribution in [0.3, 0.4) is 0 Å². The van der Waals surface area contributed by atoms with Crippen molar-refractivity contribution in [2.75, 3.05) is 0 Å². The molecule has 12 heteroatoms. The van der Waals surface area contributed by atoms with Crippen LogP contribution >= 0.6 is 0 Å². The predicted molar refractivity (Wildman–Crippen MR) is 129 cm³/mol. The van der Waals surface area contributed by atoms with E-state index in [-0.39, 0.29) is 68.7 Å².